The zero-order chi connectivity index (χ0) is 29.7. The van der Waals surface area contributed by atoms with E-state index in [4.69, 9.17) is 23.2 Å². The quantitative estimate of drug-likeness (QED) is 0.351. The predicted octanol–water partition coefficient (Wildman–Crippen LogP) is 6.03. The maximum atomic E-state index is 13.8. The molecule has 0 aliphatic heterocycles. The van der Waals surface area contributed by atoms with Crippen LogP contribution >= 0.6 is 23.2 Å². The van der Waals surface area contributed by atoms with Crippen LogP contribution in [0, 0.1) is 0 Å². The highest BCUT2D eigenvalue weighted by Crippen LogP contribution is 2.33. The van der Waals surface area contributed by atoms with E-state index in [2.05, 4.69) is 5.32 Å². The van der Waals surface area contributed by atoms with E-state index in [1.807, 2.05) is 0 Å². The second kappa shape index (κ2) is 13.4. The molecule has 1 N–H and O–H groups in total. The van der Waals surface area contributed by atoms with Crippen molar-refractivity contribution in [2.75, 3.05) is 17.1 Å². The van der Waals surface area contributed by atoms with Crippen molar-refractivity contribution in [2.24, 2.45) is 0 Å². The van der Waals surface area contributed by atoms with Crippen molar-refractivity contribution in [1.82, 2.24) is 10.2 Å². The Hall–Kier alpha value is -2.50. The smallest absolute Gasteiger partial charge is 0.352 e. The lowest BCUT2D eigenvalue weighted by atomic mass is 9.95. The molecule has 1 saturated carbocycles. The highest BCUT2D eigenvalue weighted by atomic mass is 35.5. The van der Waals surface area contributed by atoms with Gasteiger partial charge < -0.3 is 10.2 Å². The average Bonchev–Trinajstić information content (AvgIpc) is 2.88. The first kappa shape index (κ1) is 32.0. The van der Waals surface area contributed by atoms with Gasteiger partial charge in [-0.2, -0.15) is 13.2 Å². The van der Waals surface area contributed by atoms with Crippen LogP contribution in [0.15, 0.2) is 42.5 Å². The van der Waals surface area contributed by atoms with Crippen LogP contribution in [0.5, 0.6) is 0 Å². The Balaban J connectivity index is 1.99. The van der Waals surface area contributed by atoms with E-state index in [1.54, 1.807) is 25.1 Å². The summed E-state index contributed by atoms with van der Waals surface area (Å²) in [6.45, 7) is 0.657. The number of nitrogens with one attached hydrogen (secondary N) is 1. The molecule has 0 heterocycles. The van der Waals surface area contributed by atoms with Crippen molar-refractivity contribution in [3.05, 3.63) is 63.6 Å². The van der Waals surface area contributed by atoms with E-state index in [0.717, 1.165) is 50.5 Å². The summed E-state index contributed by atoms with van der Waals surface area (Å²) in [6.07, 6.45) is 0.905. The van der Waals surface area contributed by atoms with Gasteiger partial charge in [0.25, 0.3) is 0 Å². The van der Waals surface area contributed by atoms with Crippen LogP contribution in [0.25, 0.3) is 0 Å². The molecule has 0 spiro atoms. The second-order valence-electron chi connectivity index (χ2n) is 9.81. The number of hydrogen-bond donors (Lipinski definition) is 1. The summed E-state index contributed by atoms with van der Waals surface area (Å²) in [4.78, 5) is 28.4. The normalized spacial score (nSPS) is 15.4. The molecule has 1 aliphatic rings. The second-order valence-corrected chi connectivity index (χ2v) is 12.5. The van der Waals surface area contributed by atoms with Gasteiger partial charge in [0.05, 0.1) is 17.5 Å². The molecule has 1 atom stereocenters. The highest BCUT2D eigenvalue weighted by molar-refractivity contribution is 7.92. The molecule has 3 rings (SSSR count). The molecule has 2 aromatic carbocycles. The first-order valence-electron chi connectivity index (χ1n) is 12.9. The number of carbonyl (C=O) groups excluding carboxylic acids is 2. The van der Waals surface area contributed by atoms with Crippen LogP contribution < -0.4 is 9.62 Å². The van der Waals surface area contributed by atoms with Gasteiger partial charge in [0.15, 0.2) is 0 Å². The van der Waals surface area contributed by atoms with Gasteiger partial charge >= 0.3 is 6.18 Å². The standard InChI is InChI=1S/C27H32Cl2F3N3O4S/c1-3-24(26(37)33-19-10-5-4-6-11-19)34(16-21-22(28)13-8-14-23(21)29)25(36)17-35(40(2,38)39)20-12-7-9-18(15-20)27(30,31)32/h7-9,12-15,19,24H,3-6,10-11,16-17H2,1-2H3,(H,33,37)/t24-/m0/s1. The van der Waals surface area contributed by atoms with E-state index < -0.39 is 46.2 Å². The van der Waals surface area contributed by atoms with Crippen molar-refractivity contribution >= 4 is 50.7 Å². The summed E-state index contributed by atoms with van der Waals surface area (Å²) in [6, 6.07) is 7.40. The van der Waals surface area contributed by atoms with E-state index in [-0.39, 0.29) is 34.7 Å². The van der Waals surface area contributed by atoms with E-state index in [1.165, 1.54) is 11.0 Å². The molecular weight excluding hydrogens is 590 g/mol. The van der Waals surface area contributed by atoms with Crippen LogP contribution in [-0.2, 0) is 32.3 Å². The SMILES string of the molecule is CC[C@@H](C(=O)NC1CCCCC1)N(Cc1c(Cl)cccc1Cl)C(=O)CN(c1cccc(C(F)(F)F)c1)S(C)(=O)=O. The first-order chi connectivity index (χ1) is 18.7. The molecule has 0 saturated heterocycles. The monoisotopic (exact) mass is 621 g/mol. The molecule has 0 unspecified atom stereocenters. The maximum absolute atomic E-state index is 13.8. The summed E-state index contributed by atoms with van der Waals surface area (Å²) < 4.78 is 66.1. The zero-order valence-corrected chi connectivity index (χ0v) is 24.5. The van der Waals surface area contributed by atoms with Gasteiger partial charge in [0.2, 0.25) is 21.8 Å². The number of benzene rings is 2. The summed E-state index contributed by atoms with van der Waals surface area (Å²) in [7, 11) is -4.21. The molecule has 220 valence electrons. The number of rotatable bonds is 10. The number of anilines is 1. The average molecular weight is 623 g/mol. The molecule has 2 aromatic rings. The number of halogens is 5. The van der Waals surface area contributed by atoms with Crippen molar-refractivity contribution in [2.45, 2.75) is 70.3 Å². The first-order valence-corrected chi connectivity index (χ1v) is 15.5. The van der Waals surface area contributed by atoms with Gasteiger partial charge in [0, 0.05) is 28.2 Å². The number of alkyl halides is 3. The molecule has 1 aliphatic carbocycles. The predicted molar refractivity (Wildman–Crippen MR) is 150 cm³/mol. The highest BCUT2D eigenvalue weighted by Gasteiger charge is 2.35. The number of nitrogens with zero attached hydrogens (tertiary/aromatic N) is 2. The number of hydrogen-bond acceptors (Lipinski definition) is 4. The Bertz CT molecular complexity index is 1300. The van der Waals surface area contributed by atoms with Crippen molar-refractivity contribution in [1.29, 1.82) is 0 Å². The van der Waals surface area contributed by atoms with E-state index in [9.17, 15) is 31.2 Å². The lowest BCUT2D eigenvalue weighted by Crippen LogP contribution is -2.54. The van der Waals surface area contributed by atoms with Crippen LogP contribution in [0.4, 0.5) is 18.9 Å². The number of amides is 2. The number of sulfonamides is 1. The Morgan fingerprint density at radius 1 is 1.05 bits per heavy atom. The van der Waals surface area contributed by atoms with Gasteiger partial charge in [-0.05, 0) is 49.6 Å². The molecular formula is C27H32Cl2F3N3O4S. The topological polar surface area (TPSA) is 86.8 Å². The van der Waals surface area contributed by atoms with Crippen LogP contribution in [0.2, 0.25) is 10.0 Å². The van der Waals surface area contributed by atoms with Crippen molar-refractivity contribution in [3.8, 4) is 0 Å². The van der Waals surface area contributed by atoms with Gasteiger partial charge in [-0.25, -0.2) is 8.42 Å². The Labute approximate surface area is 242 Å². The van der Waals surface area contributed by atoms with Gasteiger partial charge in [-0.15, -0.1) is 0 Å². The van der Waals surface area contributed by atoms with Crippen LogP contribution in [0.1, 0.15) is 56.6 Å². The van der Waals surface area contributed by atoms with E-state index >= 15 is 0 Å². The summed E-state index contributed by atoms with van der Waals surface area (Å²) in [5.41, 5.74) is -1.04. The largest absolute Gasteiger partial charge is 0.416 e. The minimum atomic E-state index is -4.72. The van der Waals surface area contributed by atoms with Gasteiger partial charge in [0.1, 0.15) is 12.6 Å². The third-order valence-electron chi connectivity index (χ3n) is 6.87. The fraction of sp³-hybridized carbons (Fsp3) is 0.481. The summed E-state index contributed by atoms with van der Waals surface area (Å²) in [5, 5.41) is 3.49. The minimum Gasteiger partial charge on any atom is -0.352 e. The summed E-state index contributed by atoms with van der Waals surface area (Å²) >= 11 is 12.7. The lowest BCUT2D eigenvalue weighted by Gasteiger charge is -2.34. The molecule has 13 heteroatoms. The van der Waals surface area contributed by atoms with Crippen molar-refractivity contribution in [3.63, 3.8) is 0 Å². The van der Waals surface area contributed by atoms with Gasteiger partial charge in [-0.3, -0.25) is 13.9 Å². The Morgan fingerprint density at radius 3 is 2.20 bits per heavy atom. The third kappa shape index (κ3) is 8.27. The Morgan fingerprint density at radius 2 is 1.65 bits per heavy atom. The molecule has 0 aromatic heterocycles. The molecule has 0 radical (unpaired) electrons. The van der Waals surface area contributed by atoms with Crippen LogP contribution in [-0.4, -0.2) is 50.0 Å². The summed E-state index contributed by atoms with van der Waals surface area (Å²) in [5.74, 6) is -1.21. The van der Waals surface area contributed by atoms with Crippen LogP contribution in [0.3, 0.4) is 0 Å². The Kier molecular flexibility index (Phi) is 10.8. The number of carbonyl (C=O) groups is 2. The zero-order valence-electron chi connectivity index (χ0n) is 22.2. The lowest BCUT2D eigenvalue weighted by molar-refractivity contribution is -0.140. The molecule has 1 fully saturated rings. The van der Waals surface area contributed by atoms with Crippen molar-refractivity contribution < 1.29 is 31.2 Å². The fourth-order valence-electron chi connectivity index (χ4n) is 4.77. The molecule has 0 bridgehead atoms. The minimum absolute atomic E-state index is 0.0474. The molecule has 7 nitrogen and oxygen atoms in total. The maximum Gasteiger partial charge on any atom is 0.416 e. The van der Waals surface area contributed by atoms with Gasteiger partial charge in [-0.1, -0.05) is 61.5 Å². The fourth-order valence-corrected chi connectivity index (χ4v) is 6.13. The molecule has 40 heavy (non-hydrogen) atoms. The third-order valence-corrected chi connectivity index (χ3v) is 8.72. The molecule has 2 amide bonds. The van der Waals surface area contributed by atoms with E-state index in [0.29, 0.717) is 15.9 Å².